The first kappa shape index (κ1) is 20.1. The molecular weight excluding hydrogens is 332 g/mol. The second kappa shape index (κ2) is 7.56. The molecule has 2 atom stereocenters. The lowest BCUT2D eigenvalue weighted by Gasteiger charge is -2.28. The standard InChI is InChI=1S/C20H30N2O4/c1-19(2,3)25-17(23)16-12-14(21-18(24)26-20(4,5)6)13-22(16)15-10-8-7-9-11-15/h7-11,14,16H,12-13H2,1-6H3,(H,21,24)/t14-,16-/m0/s1. The molecule has 0 aromatic heterocycles. The predicted octanol–water partition coefficient (Wildman–Crippen LogP) is 3.50. The highest BCUT2D eigenvalue weighted by Gasteiger charge is 2.40. The topological polar surface area (TPSA) is 67.9 Å². The maximum Gasteiger partial charge on any atom is 0.407 e. The van der Waals surface area contributed by atoms with Crippen molar-refractivity contribution in [2.24, 2.45) is 0 Å². The first-order chi connectivity index (χ1) is 11.9. The summed E-state index contributed by atoms with van der Waals surface area (Å²) in [6, 6.07) is 9.05. The number of hydrogen-bond acceptors (Lipinski definition) is 5. The summed E-state index contributed by atoms with van der Waals surface area (Å²) in [5.74, 6) is -0.283. The van der Waals surface area contributed by atoms with E-state index in [2.05, 4.69) is 5.32 Å². The van der Waals surface area contributed by atoms with E-state index in [0.29, 0.717) is 13.0 Å². The van der Waals surface area contributed by atoms with Crippen LogP contribution in [-0.2, 0) is 14.3 Å². The van der Waals surface area contributed by atoms with Gasteiger partial charge < -0.3 is 19.7 Å². The molecule has 1 N–H and O–H groups in total. The molecule has 1 aromatic rings. The number of esters is 1. The fraction of sp³-hybridized carbons (Fsp3) is 0.600. The Labute approximate surface area is 155 Å². The summed E-state index contributed by atoms with van der Waals surface area (Å²) in [6.07, 6.45) is 0.00335. The zero-order valence-electron chi connectivity index (χ0n) is 16.5. The molecule has 2 rings (SSSR count). The molecule has 1 amide bonds. The van der Waals surface area contributed by atoms with E-state index in [1.807, 2.05) is 76.8 Å². The average molecular weight is 362 g/mol. The number of hydrogen-bond donors (Lipinski definition) is 1. The summed E-state index contributed by atoms with van der Waals surface area (Å²) < 4.78 is 10.9. The minimum Gasteiger partial charge on any atom is -0.458 e. The molecule has 1 aliphatic heterocycles. The third kappa shape index (κ3) is 5.93. The Morgan fingerprint density at radius 1 is 1.00 bits per heavy atom. The van der Waals surface area contributed by atoms with Crippen LogP contribution in [0, 0.1) is 0 Å². The fourth-order valence-electron chi connectivity index (χ4n) is 2.91. The van der Waals surface area contributed by atoms with Crippen molar-refractivity contribution in [3.63, 3.8) is 0 Å². The number of carbonyl (C=O) groups is 2. The molecule has 0 spiro atoms. The van der Waals surface area contributed by atoms with Crippen molar-refractivity contribution in [2.75, 3.05) is 11.4 Å². The highest BCUT2D eigenvalue weighted by Crippen LogP contribution is 2.28. The van der Waals surface area contributed by atoms with E-state index in [9.17, 15) is 9.59 Å². The van der Waals surface area contributed by atoms with E-state index in [1.165, 1.54) is 0 Å². The summed E-state index contributed by atoms with van der Waals surface area (Å²) in [7, 11) is 0. The van der Waals surface area contributed by atoms with Gasteiger partial charge in [-0.05, 0) is 53.7 Å². The number of nitrogens with one attached hydrogen (secondary N) is 1. The molecular formula is C20H30N2O4. The van der Waals surface area contributed by atoms with Gasteiger partial charge in [0.1, 0.15) is 17.2 Å². The molecule has 6 nitrogen and oxygen atoms in total. The van der Waals surface area contributed by atoms with Gasteiger partial charge in [0.25, 0.3) is 0 Å². The SMILES string of the molecule is CC(C)(C)OC(=O)N[C@H]1C[C@@H](C(=O)OC(C)(C)C)N(c2ccccc2)C1. The lowest BCUT2D eigenvalue weighted by molar-refractivity contribution is -0.156. The summed E-state index contributed by atoms with van der Waals surface area (Å²) >= 11 is 0. The molecule has 1 aliphatic rings. The zero-order valence-corrected chi connectivity index (χ0v) is 16.5. The summed E-state index contributed by atoms with van der Waals surface area (Å²) in [6.45, 7) is 11.5. The third-order valence-electron chi connectivity index (χ3n) is 3.79. The Morgan fingerprint density at radius 3 is 2.12 bits per heavy atom. The lowest BCUT2D eigenvalue weighted by atomic mass is 10.1. The van der Waals surface area contributed by atoms with Crippen molar-refractivity contribution < 1.29 is 19.1 Å². The van der Waals surface area contributed by atoms with E-state index in [-0.39, 0.29) is 12.0 Å². The molecule has 0 radical (unpaired) electrons. The quantitative estimate of drug-likeness (QED) is 0.834. The number of alkyl carbamates (subject to hydrolysis) is 1. The van der Waals surface area contributed by atoms with Gasteiger partial charge in [-0.1, -0.05) is 18.2 Å². The Morgan fingerprint density at radius 2 is 1.58 bits per heavy atom. The number of carbonyl (C=O) groups excluding carboxylic acids is 2. The van der Waals surface area contributed by atoms with Crippen LogP contribution in [0.4, 0.5) is 10.5 Å². The molecule has 1 aromatic carbocycles. The van der Waals surface area contributed by atoms with Crippen LogP contribution in [0.2, 0.25) is 0 Å². The van der Waals surface area contributed by atoms with Crippen LogP contribution in [-0.4, -0.2) is 41.9 Å². The van der Waals surface area contributed by atoms with E-state index < -0.39 is 23.3 Å². The van der Waals surface area contributed by atoms with Gasteiger partial charge in [-0.15, -0.1) is 0 Å². The maximum absolute atomic E-state index is 12.7. The van der Waals surface area contributed by atoms with Crippen molar-refractivity contribution in [1.82, 2.24) is 5.32 Å². The van der Waals surface area contributed by atoms with Crippen LogP contribution >= 0.6 is 0 Å². The molecule has 6 heteroatoms. The number of benzene rings is 1. The van der Waals surface area contributed by atoms with Crippen LogP contribution in [0.25, 0.3) is 0 Å². The normalized spacial score (nSPS) is 20.6. The largest absolute Gasteiger partial charge is 0.458 e. The second-order valence-corrected chi connectivity index (χ2v) is 8.62. The summed E-state index contributed by atoms with van der Waals surface area (Å²) in [4.78, 5) is 26.8. The van der Waals surface area contributed by atoms with Crippen molar-refractivity contribution in [3.05, 3.63) is 30.3 Å². The van der Waals surface area contributed by atoms with Gasteiger partial charge in [0.15, 0.2) is 0 Å². The summed E-state index contributed by atoms with van der Waals surface area (Å²) in [5.41, 5.74) is -0.195. The molecule has 0 unspecified atom stereocenters. The Kier molecular flexibility index (Phi) is 5.84. The lowest BCUT2D eigenvalue weighted by Crippen LogP contribution is -2.41. The Balaban J connectivity index is 2.13. The molecule has 0 aliphatic carbocycles. The molecule has 0 bridgehead atoms. The minimum atomic E-state index is -0.563. The number of anilines is 1. The highest BCUT2D eigenvalue weighted by atomic mass is 16.6. The number of amides is 1. The fourth-order valence-corrected chi connectivity index (χ4v) is 2.91. The summed E-state index contributed by atoms with van der Waals surface area (Å²) in [5, 5.41) is 2.87. The van der Waals surface area contributed by atoms with Gasteiger partial charge in [-0.25, -0.2) is 9.59 Å². The molecule has 0 saturated carbocycles. The van der Waals surface area contributed by atoms with E-state index in [4.69, 9.17) is 9.47 Å². The van der Waals surface area contributed by atoms with Gasteiger partial charge in [0, 0.05) is 18.7 Å². The van der Waals surface area contributed by atoms with Gasteiger partial charge in [-0.3, -0.25) is 0 Å². The molecule has 1 heterocycles. The Hall–Kier alpha value is -2.24. The first-order valence-corrected chi connectivity index (χ1v) is 8.99. The zero-order chi connectivity index (χ0) is 19.5. The van der Waals surface area contributed by atoms with E-state index in [1.54, 1.807) is 0 Å². The third-order valence-corrected chi connectivity index (χ3v) is 3.79. The molecule has 1 saturated heterocycles. The Bertz CT molecular complexity index is 631. The van der Waals surface area contributed by atoms with Crippen LogP contribution in [0.15, 0.2) is 30.3 Å². The molecule has 1 fully saturated rings. The van der Waals surface area contributed by atoms with Crippen LogP contribution < -0.4 is 10.2 Å². The highest BCUT2D eigenvalue weighted by molar-refractivity contribution is 5.82. The number of para-hydroxylation sites is 1. The monoisotopic (exact) mass is 362 g/mol. The van der Waals surface area contributed by atoms with E-state index in [0.717, 1.165) is 5.69 Å². The van der Waals surface area contributed by atoms with Crippen molar-refractivity contribution >= 4 is 17.7 Å². The van der Waals surface area contributed by atoms with Gasteiger partial charge in [0.05, 0.1) is 6.04 Å². The van der Waals surface area contributed by atoms with E-state index >= 15 is 0 Å². The van der Waals surface area contributed by atoms with Gasteiger partial charge in [0.2, 0.25) is 0 Å². The predicted molar refractivity (Wildman–Crippen MR) is 101 cm³/mol. The van der Waals surface area contributed by atoms with Gasteiger partial charge >= 0.3 is 12.1 Å². The van der Waals surface area contributed by atoms with Crippen molar-refractivity contribution in [2.45, 2.75) is 71.2 Å². The van der Waals surface area contributed by atoms with Crippen molar-refractivity contribution in [3.8, 4) is 0 Å². The smallest absolute Gasteiger partial charge is 0.407 e. The maximum atomic E-state index is 12.7. The van der Waals surface area contributed by atoms with Crippen LogP contribution in [0.5, 0.6) is 0 Å². The minimum absolute atomic E-state index is 0.192. The second-order valence-electron chi connectivity index (χ2n) is 8.62. The van der Waals surface area contributed by atoms with Crippen LogP contribution in [0.1, 0.15) is 48.0 Å². The number of rotatable bonds is 3. The molecule has 26 heavy (non-hydrogen) atoms. The molecule has 144 valence electrons. The van der Waals surface area contributed by atoms with Crippen LogP contribution in [0.3, 0.4) is 0 Å². The van der Waals surface area contributed by atoms with Crippen molar-refractivity contribution in [1.29, 1.82) is 0 Å². The average Bonchev–Trinajstić information content (AvgIpc) is 2.88. The number of nitrogens with zero attached hydrogens (tertiary/aromatic N) is 1. The number of ether oxygens (including phenoxy) is 2. The first-order valence-electron chi connectivity index (χ1n) is 8.99. The van der Waals surface area contributed by atoms with Gasteiger partial charge in [-0.2, -0.15) is 0 Å².